The number of benzene rings is 1. The topological polar surface area (TPSA) is 29.9 Å². The molecule has 0 aliphatic carbocycles. The summed E-state index contributed by atoms with van der Waals surface area (Å²) in [6.45, 7) is 5.46. The molecule has 0 amide bonds. The maximum atomic E-state index is 13.7. The van der Waals surface area contributed by atoms with Gasteiger partial charge in [-0.2, -0.15) is 0 Å². The first kappa shape index (κ1) is 13.3. The van der Waals surface area contributed by atoms with Crippen molar-refractivity contribution in [2.24, 2.45) is 0 Å². The van der Waals surface area contributed by atoms with Crippen LogP contribution in [0.4, 0.5) is 4.39 Å². The minimum absolute atomic E-state index is 0.0999. The molecule has 1 aliphatic rings. The highest BCUT2D eigenvalue weighted by molar-refractivity contribution is 5.31. The molecule has 0 saturated carbocycles. The molecule has 3 rings (SSSR count). The van der Waals surface area contributed by atoms with Gasteiger partial charge in [-0.1, -0.05) is 12.1 Å². The number of hydrogen-bond donors (Lipinski definition) is 1. The Hall–Kier alpha value is -1.68. The molecular weight excluding hydrogens is 253 g/mol. The summed E-state index contributed by atoms with van der Waals surface area (Å²) in [7, 11) is 0. The van der Waals surface area contributed by atoms with Gasteiger partial charge in [0.1, 0.15) is 5.82 Å². The molecule has 2 aromatic rings. The average molecular weight is 273 g/mol. The summed E-state index contributed by atoms with van der Waals surface area (Å²) < 4.78 is 15.8. The lowest BCUT2D eigenvalue weighted by molar-refractivity contribution is 0.582. The zero-order valence-electron chi connectivity index (χ0n) is 12.0. The van der Waals surface area contributed by atoms with Crippen molar-refractivity contribution in [2.45, 2.75) is 39.3 Å². The monoisotopic (exact) mass is 273 g/mol. The fraction of sp³-hybridized carbons (Fsp3) is 0.438. The van der Waals surface area contributed by atoms with Crippen LogP contribution in [0.5, 0.6) is 0 Å². The quantitative estimate of drug-likeness (QED) is 0.931. The first-order valence-electron chi connectivity index (χ1n) is 7.14. The van der Waals surface area contributed by atoms with E-state index in [1.165, 1.54) is 12.1 Å². The highest BCUT2D eigenvalue weighted by atomic mass is 19.1. The number of nitrogens with zero attached hydrogens (tertiary/aromatic N) is 2. The predicted molar refractivity (Wildman–Crippen MR) is 77.2 cm³/mol. The van der Waals surface area contributed by atoms with Gasteiger partial charge < -0.3 is 9.88 Å². The van der Waals surface area contributed by atoms with E-state index >= 15 is 0 Å². The van der Waals surface area contributed by atoms with E-state index in [4.69, 9.17) is 0 Å². The Morgan fingerprint density at radius 3 is 2.75 bits per heavy atom. The van der Waals surface area contributed by atoms with Crippen LogP contribution in [0, 0.1) is 19.7 Å². The van der Waals surface area contributed by atoms with Gasteiger partial charge in [0.15, 0.2) is 0 Å². The molecule has 1 aromatic carbocycles. The van der Waals surface area contributed by atoms with E-state index in [0.717, 1.165) is 25.1 Å². The Labute approximate surface area is 118 Å². The number of rotatable bonds is 3. The van der Waals surface area contributed by atoms with Crippen molar-refractivity contribution in [3.8, 4) is 0 Å². The van der Waals surface area contributed by atoms with E-state index in [-0.39, 0.29) is 5.82 Å². The van der Waals surface area contributed by atoms with Crippen molar-refractivity contribution in [3.63, 3.8) is 0 Å². The van der Waals surface area contributed by atoms with Gasteiger partial charge in [-0.25, -0.2) is 9.37 Å². The lowest BCUT2D eigenvalue weighted by Crippen LogP contribution is -2.17. The molecule has 1 saturated heterocycles. The molecular formula is C16H20FN3. The number of imidazole rings is 1. The van der Waals surface area contributed by atoms with E-state index in [1.807, 2.05) is 38.5 Å². The number of aromatic nitrogens is 2. The van der Waals surface area contributed by atoms with E-state index in [0.29, 0.717) is 17.2 Å². The van der Waals surface area contributed by atoms with Gasteiger partial charge in [-0.3, -0.25) is 0 Å². The molecule has 1 unspecified atom stereocenters. The Balaban J connectivity index is 1.86. The zero-order valence-corrected chi connectivity index (χ0v) is 12.0. The Kier molecular flexibility index (Phi) is 3.57. The molecule has 1 aliphatic heterocycles. The molecule has 20 heavy (non-hydrogen) atoms. The third-order valence-electron chi connectivity index (χ3n) is 4.01. The molecule has 1 fully saturated rings. The molecule has 0 spiro atoms. The van der Waals surface area contributed by atoms with Crippen molar-refractivity contribution < 1.29 is 4.39 Å². The van der Waals surface area contributed by atoms with Gasteiger partial charge in [0.2, 0.25) is 0 Å². The summed E-state index contributed by atoms with van der Waals surface area (Å²) in [5.74, 6) is -0.0999. The van der Waals surface area contributed by atoms with Crippen molar-refractivity contribution in [2.75, 3.05) is 6.54 Å². The molecule has 1 N–H and O–H groups in total. The summed E-state index contributed by atoms with van der Waals surface area (Å²) in [5, 5.41) is 3.50. The Morgan fingerprint density at radius 1 is 1.35 bits per heavy atom. The van der Waals surface area contributed by atoms with Gasteiger partial charge in [0, 0.05) is 18.8 Å². The second kappa shape index (κ2) is 5.37. The average Bonchev–Trinajstić information content (AvgIpc) is 3.05. The van der Waals surface area contributed by atoms with E-state index in [9.17, 15) is 4.39 Å². The van der Waals surface area contributed by atoms with Crippen LogP contribution in [0.1, 0.15) is 41.3 Å². The number of halogens is 1. The standard InChI is InChI=1S/C16H20FN3/c1-11-6-13(7-12(2)16(11)17)9-20-10-18-8-15(20)14-4-3-5-19-14/h6-8,10,14,19H,3-5,9H2,1-2H3. The summed E-state index contributed by atoms with van der Waals surface area (Å²) in [6, 6.07) is 4.25. The molecule has 0 bridgehead atoms. The second-order valence-corrected chi connectivity index (χ2v) is 5.64. The van der Waals surface area contributed by atoms with Crippen LogP contribution >= 0.6 is 0 Å². The molecule has 1 atom stereocenters. The molecule has 106 valence electrons. The van der Waals surface area contributed by atoms with E-state index in [1.54, 1.807) is 0 Å². The van der Waals surface area contributed by atoms with Gasteiger partial charge in [0.05, 0.1) is 12.0 Å². The summed E-state index contributed by atoms with van der Waals surface area (Å²) in [6.07, 6.45) is 6.17. The minimum Gasteiger partial charge on any atom is -0.329 e. The van der Waals surface area contributed by atoms with Crippen LogP contribution in [0.3, 0.4) is 0 Å². The van der Waals surface area contributed by atoms with Crippen LogP contribution in [-0.4, -0.2) is 16.1 Å². The molecule has 1 aromatic heterocycles. The van der Waals surface area contributed by atoms with Gasteiger partial charge in [0.25, 0.3) is 0 Å². The van der Waals surface area contributed by atoms with Crippen LogP contribution in [0.15, 0.2) is 24.7 Å². The second-order valence-electron chi connectivity index (χ2n) is 5.64. The Bertz CT molecular complexity index is 589. The molecule has 3 nitrogen and oxygen atoms in total. The third-order valence-corrected chi connectivity index (χ3v) is 4.01. The number of nitrogens with one attached hydrogen (secondary N) is 1. The zero-order chi connectivity index (χ0) is 14.1. The van der Waals surface area contributed by atoms with Gasteiger partial charge in [-0.05, 0) is 49.9 Å². The van der Waals surface area contributed by atoms with Crippen molar-refractivity contribution in [1.82, 2.24) is 14.9 Å². The van der Waals surface area contributed by atoms with Crippen molar-refractivity contribution >= 4 is 0 Å². The van der Waals surface area contributed by atoms with Crippen LogP contribution in [-0.2, 0) is 6.54 Å². The van der Waals surface area contributed by atoms with Crippen molar-refractivity contribution in [1.29, 1.82) is 0 Å². The van der Waals surface area contributed by atoms with Crippen LogP contribution < -0.4 is 5.32 Å². The third kappa shape index (κ3) is 2.48. The maximum Gasteiger partial charge on any atom is 0.129 e. The highest BCUT2D eigenvalue weighted by Crippen LogP contribution is 2.24. The van der Waals surface area contributed by atoms with Crippen LogP contribution in [0.2, 0.25) is 0 Å². The largest absolute Gasteiger partial charge is 0.329 e. The smallest absolute Gasteiger partial charge is 0.129 e. The van der Waals surface area contributed by atoms with E-state index in [2.05, 4.69) is 14.9 Å². The molecule has 2 heterocycles. The summed E-state index contributed by atoms with van der Waals surface area (Å²) >= 11 is 0. The Morgan fingerprint density at radius 2 is 2.10 bits per heavy atom. The SMILES string of the molecule is Cc1cc(Cn2cncc2C2CCCN2)cc(C)c1F. The van der Waals surface area contributed by atoms with Crippen molar-refractivity contribution in [3.05, 3.63) is 52.9 Å². The number of hydrogen-bond acceptors (Lipinski definition) is 2. The lowest BCUT2D eigenvalue weighted by atomic mass is 10.1. The summed E-state index contributed by atoms with van der Waals surface area (Å²) in [4.78, 5) is 4.27. The normalized spacial score (nSPS) is 18.6. The molecule has 0 radical (unpaired) electrons. The molecule has 4 heteroatoms. The van der Waals surface area contributed by atoms with E-state index < -0.39 is 0 Å². The minimum atomic E-state index is -0.0999. The summed E-state index contributed by atoms with van der Waals surface area (Å²) in [5.41, 5.74) is 3.77. The highest BCUT2D eigenvalue weighted by Gasteiger charge is 2.19. The predicted octanol–water partition coefficient (Wildman–Crippen LogP) is 3.11. The fourth-order valence-electron chi connectivity index (χ4n) is 3.01. The van der Waals surface area contributed by atoms with Gasteiger partial charge in [-0.15, -0.1) is 0 Å². The van der Waals surface area contributed by atoms with Gasteiger partial charge >= 0.3 is 0 Å². The first-order chi connectivity index (χ1) is 9.65. The van der Waals surface area contributed by atoms with Crippen LogP contribution in [0.25, 0.3) is 0 Å². The lowest BCUT2D eigenvalue weighted by Gasteiger charge is -2.15. The number of aryl methyl sites for hydroxylation is 2. The first-order valence-corrected chi connectivity index (χ1v) is 7.14. The maximum absolute atomic E-state index is 13.7. The fourth-order valence-corrected chi connectivity index (χ4v) is 3.01.